The molecule has 7 amide bonds. The molecule has 1 aromatic carbocycles. The van der Waals surface area contributed by atoms with Crippen LogP contribution in [0.4, 0.5) is 0 Å². The average molecular weight is 609 g/mol. The standard InChI is InChI=1S/C26H40N8O9/c1-3-12(2)21(34-25(42)18(11-35)33-23(40)15(27)9-19(28)37)26(43)32-17(8-13-4-6-14(36)7-5-13)24(41)31-16(22(30)39)10-20(29)38/h4-7,12,15-18,21,35-36H,3,8-11,27H2,1-2H3,(H2,28,37)(H2,29,38)(H2,30,39)(H,31,41)(H,32,43)(H,33,40)(H,34,42)/t12-,15-,16-,17-,18-,21-/m0/s1. The minimum atomic E-state index is -1.55. The Morgan fingerprint density at radius 3 is 1.74 bits per heavy atom. The van der Waals surface area contributed by atoms with Crippen molar-refractivity contribution in [1.82, 2.24) is 21.3 Å². The number of benzene rings is 1. The summed E-state index contributed by atoms with van der Waals surface area (Å²) in [6.45, 7) is 2.48. The Bertz CT molecular complexity index is 1180. The molecule has 0 radical (unpaired) electrons. The minimum Gasteiger partial charge on any atom is -0.508 e. The molecule has 43 heavy (non-hydrogen) atoms. The van der Waals surface area contributed by atoms with Gasteiger partial charge in [0.15, 0.2) is 0 Å². The summed E-state index contributed by atoms with van der Waals surface area (Å²) in [5, 5.41) is 28.7. The summed E-state index contributed by atoms with van der Waals surface area (Å²) in [6, 6.07) is -1.36. The smallest absolute Gasteiger partial charge is 0.245 e. The third kappa shape index (κ3) is 12.3. The first kappa shape index (κ1) is 36.3. The van der Waals surface area contributed by atoms with Gasteiger partial charge in [0.2, 0.25) is 41.4 Å². The number of phenolic OH excluding ortho intramolecular Hbond substituents is 1. The number of hydrogen-bond acceptors (Lipinski definition) is 10. The zero-order valence-electron chi connectivity index (χ0n) is 23.9. The number of nitrogens with two attached hydrogens (primary N) is 4. The monoisotopic (exact) mass is 608 g/mol. The van der Waals surface area contributed by atoms with Crippen LogP contribution in [0.25, 0.3) is 0 Å². The van der Waals surface area contributed by atoms with Gasteiger partial charge in [-0.15, -0.1) is 0 Å². The van der Waals surface area contributed by atoms with Gasteiger partial charge < -0.3 is 54.4 Å². The number of hydrogen-bond donors (Lipinski definition) is 10. The van der Waals surface area contributed by atoms with Gasteiger partial charge in [-0.05, 0) is 23.6 Å². The third-order valence-electron chi connectivity index (χ3n) is 6.44. The Morgan fingerprint density at radius 2 is 1.26 bits per heavy atom. The maximum absolute atomic E-state index is 13.5. The van der Waals surface area contributed by atoms with Gasteiger partial charge in [-0.1, -0.05) is 32.4 Å². The Hall–Kier alpha value is -4.77. The zero-order chi connectivity index (χ0) is 32.9. The molecule has 1 rings (SSSR count). The number of aromatic hydroxyl groups is 1. The second-order valence-electron chi connectivity index (χ2n) is 9.96. The van der Waals surface area contributed by atoms with E-state index in [4.69, 9.17) is 22.9 Å². The number of aliphatic hydroxyl groups excluding tert-OH is 1. The van der Waals surface area contributed by atoms with E-state index in [9.17, 15) is 43.8 Å². The number of amides is 7. The molecular formula is C26H40N8O9. The predicted octanol–water partition coefficient (Wildman–Crippen LogP) is -4.52. The maximum Gasteiger partial charge on any atom is 0.245 e. The van der Waals surface area contributed by atoms with Gasteiger partial charge in [0.25, 0.3) is 0 Å². The van der Waals surface area contributed by atoms with E-state index >= 15 is 0 Å². The lowest BCUT2D eigenvalue weighted by Crippen LogP contribution is -2.61. The number of phenols is 1. The Morgan fingerprint density at radius 1 is 0.744 bits per heavy atom. The molecule has 0 saturated carbocycles. The van der Waals surface area contributed by atoms with E-state index < -0.39 is 96.9 Å². The normalized spacial score (nSPS) is 15.0. The van der Waals surface area contributed by atoms with Crippen molar-refractivity contribution in [3.05, 3.63) is 29.8 Å². The second kappa shape index (κ2) is 17.2. The third-order valence-corrected chi connectivity index (χ3v) is 6.44. The maximum atomic E-state index is 13.5. The first-order chi connectivity index (χ1) is 20.1. The fourth-order valence-electron chi connectivity index (χ4n) is 3.77. The van der Waals surface area contributed by atoms with Gasteiger partial charge in [-0.3, -0.25) is 33.6 Å². The molecule has 17 nitrogen and oxygen atoms in total. The van der Waals surface area contributed by atoms with Crippen LogP contribution in [0.5, 0.6) is 5.75 Å². The number of nitrogens with one attached hydrogen (secondary N) is 4. The molecule has 0 bridgehead atoms. The molecule has 0 aliphatic carbocycles. The van der Waals surface area contributed by atoms with Crippen molar-refractivity contribution < 1.29 is 43.8 Å². The highest BCUT2D eigenvalue weighted by Gasteiger charge is 2.34. The highest BCUT2D eigenvalue weighted by Crippen LogP contribution is 2.13. The molecule has 0 fully saturated rings. The van der Waals surface area contributed by atoms with Crippen LogP contribution in [0.2, 0.25) is 0 Å². The summed E-state index contributed by atoms with van der Waals surface area (Å²) in [5.41, 5.74) is 21.5. The number of carbonyl (C=O) groups is 7. The minimum absolute atomic E-state index is 0.0512. The largest absolute Gasteiger partial charge is 0.508 e. The fourth-order valence-corrected chi connectivity index (χ4v) is 3.77. The van der Waals surface area contributed by atoms with Gasteiger partial charge in [-0.2, -0.15) is 0 Å². The molecule has 238 valence electrons. The van der Waals surface area contributed by atoms with Crippen molar-refractivity contribution >= 4 is 41.4 Å². The van der Waals surface area contributed by atoms with Gasteiger partial charge >= 0.3 is 0 Å². The van der Waals surface area contributed by atoms with Crippen LogP contribution in [-0.4, -0.2) is 88.4 Å². The first-order valence-electron chi connectivity index (χ1n) is 13.3. The lowest BCUT2D eigenvalue weighted by atomic mass is 9.96. The highest BCUT2D eigenvalue weighted by atomic mass is 16.3. The predicted molar refractivity (Wildman–Crippen MR) is 151 cm³/mol. The van der Waals surface area contributed by atoms with Crippen molar-refractivity contribution in [2.45, 2.75) is 69.7 Å². The summed E-state index contributed by atoms with van der Waals surface area (Å²) in [4.78, 5) is 86.1. The van der Waals surface area contributed by atoms with E-state index in [0.717, 1.165) is 0 Å². The number of aliphatic hydroxyl groups is 1. The van der Waals surface area contributed by atoms with Gasteiger partial charge in [0, 0.05) is 6.42 Å². The second-order valence-corrected chi connectivity index (χ2v) is 9.96. The summed E-state index contributed by atoms with van der Waals surface area (Å²) in [7, 11) is 0. The molecule has 17 heteroatoms. The molecule has 0 heterocycles. The number of carbonyl (C=O) groups excluding carboxylic acids is 7. The molecule has 0 aromatic heterocycles. The van der Waals surface area contributed by atoms with Crippen molar-refractivity contribution in [3.8, 4) is 5.75 Å². The zero-order valence-corrected chi connectivity index (χ0v) is 23.9. The van der Waals surface area contributed by atoms with Crippen LogP contribution < -0.4 is 44.2 Å². The lowest BCUT2D eigenvalue weighted by molar-refractivity contribution is -0.136. The van der Waals surface area contributed by atoms with Gasteiger partial charge in [-0.25, -0.2) is 0 Å². The van der Waals surface area contributed by atoms with Crippen molar-refractivity contribution in [2.24, 2.45) is 28.9 Å². The molecule has 0 aliphatic heterocycles. The highest BCUT2D eigenvalue weighted by molar-refractivity contribution is 5.97. The molecule has 1 aromatic rings. The lowest BCUT2D eigenvalue weighted by Gasteiger charge is -2.28. The topological polar surface area (TPSA) is 312 Å². The van der Waals surface area contributed by atoms with Crippen LogP contribution in [-0.2, 0) is 40.0 Å². The molecule has 0 spiro atoms. The van der Waals surface area contributed by atoms with E-state index in [1.165, 1.54) is 24.3 Å². The summed E-state index contributed by atoms with van der Waals surface area (Å²) in [5.74, 6) is -7.02. The van der Waals surface area contributed by atoms with Crippen molar-refractivity contribution in [3.63, 3.8) is 0 Å². The van der Waals surface area contributed by atoms with E-state index in [1.807, 2.05) is 0 Å². The van der Waals surface area contributed by atoms with Crippen LogP contribution in [0, 0.1) is 5.92 Å². The Balaban J connectivity index is 3.22. The van der Waals surface area contributed by atoms with Crippen LogP contribution >= 0.6 is 0 Å². The van der Waals surface area contributed by atoms with E-state index in [1.54, 1.807) is 13.8 Å². The molecule has 14 N–H and O–H groups in total. The molecule has 0 aliphatic rings. The molecule has 0 saturated heterocycles. The fraction of sp³-hybridized carbons (Fsp3) is 0.500. The van der Waals surface area contributed by atoms with E-state index in [-0.39, 0.29) is 12.2 Å². The van der Waals surface area contributed by atoms with Crippen LogP contribution in [0.15, 0.2) is 24.3 Å². The number of rotatable bonds is 18. The van der Waals surface area contributed by atoms with Gasteiger partial charge in [0.1, 0.15) is 29.9 Å². The molecular weight excluding hydrogens is 568 g/mol. The van der Waals surface area contributed by atoms with Crippen LogP contribution in [0.3, 0.4) is 0 Å². The molecule has 6 atom stereocenters. The van der Waals surface area contributed by atoms with Crippen molar-refractivity contribution in [1.29, 1.82) is 0 Å². The van der Waals surface area contributed by atoms with E-state index in [2.05, 4.69) is 21.3 Å². The SMILES string of the molecule is CC[C@H](C)[C@H](NC(=O)[C@H](CO)NC(=O)[C@@H](N)CC(N)=O)C(=O)N[C@@H](Cc1ccc(O)cc1)C(=O)N[C@@H](CC(N)=O)C(N)=O. The Labute approximate surface area is 247 Å². The van der Waals surface area contributed by atoms with E-state index in [0.29, 0.717) is 12.0 Å². The summed E-state index contributed by atoms with van der Waals surface area (Å²) in [6.07, 6.45) is -0.878. The molecule has 0 unspecified atom stereocenters. The van der Waals surface area contributed by atoms with Gasteiger partial charge in [0.05, 0.1) is 25.5 Å². The van der Waals surface area contributed by atoms with Crippen LogP contribution in [0.1, 0.15) is 38.7 Å². The summed E-state index contributed by atoms with van der Waals surface area (Å²) < 4.78 is 0. The van der Waals surface area contributed by atoms with Crippen molar-refractivity contribution in [2.75, 3.05) is 6.61 Å². The summed E-state index contributed by atoms with van der Waals surface area (Å²) >= 11 is 0. The average Bonchev–Trinajstić information content (AvgIpc) is 2.93. The number of primary amides is 3. The quantitative estimate of drug-likeness (QED) is 0.0761. The Kier molecular flexibility index (Phi) is 14.5. The first-order valence-corrected chi connectivity index (χ1v) is 13.3.